The number of carbonyl (C=O) groups is 1. The van der Waals surface area contributed by atoms with Crippen molar-refractivity contribution >= 4 is 23.0 Å². The van der Waals surface area contributed by atoms with Crippen molar-refractivity contribution < 1.29 is 4.79 Å². The van der Waals surface area contributed by atoms with Gasteiger partial charge in [0.1, 0.15) is 0 Å². The zero-order valence-electron chi connectivity index (χ0n) is 10.4. The number of nitrogens with two attached hydrogens (primary N) is 1. The molecule has 0 aromatic heterocycles. The number of nitrogens with zero attached hydrogens (tertiary/aromatic N) is 1. The molecular formula is C13H19N3O. The van der Waals surface area contributed by atoms with Crippen molar-refractivity contribution in [3.8, 4) is 0 Å². The predicted molar refractivity (Wildman–Crippen MR) is 71.3 cm³/mol. The van der Waals surface area contributed by atoms with Gasteiger partial charge in [0, 0.05) is 25.7 Å². The summed E-state index contributed by atoms with van der Waals surface area (Å²) in [6.07, 6.45) is 2.42. The molecule has 1 saturated heterocycles. The fourth-order valence-corrected chi connectivity index (χ4v) is 2.28. The van der Waals surface area contributed by atoms with Crippen LogP contribution in [0.15, 0.2) is 12.1 Å². The maximum Gasteiger partial charge on any atom is 0.221 e. The molecule has 1 aliphatic heterocycles. The van der Waals surface area contributed by atoms with E-state index in [1.165, 1.54) is 19.8 Å². The molecule has 0 unspecified atom stereocenters. The van der Waals surface area contributed by atoms with Crippen LogP contribution in [0.25, 0.3) is 0 Å². The molecule has 1 aromatic carbocycles. The molecule has 0 spiro atoms. The Labute approximate surface area is 102 Å². The number of anilines is 3. The van der Waals surface area contributed by atoms with Gasteiger partial charge in [0.25, 0.3) is 0 Å². The number of hydrogen-bond donors (Lipinski definition) is 2. The first-order valence-electron chi connectivity index (χ1n) is 6.00. The van der Waals surface area contributed by atoms with E-state index in [1.54, 1.807) is 0 Å². The van der Waals surface area contributed by atoms with E-state index in [0.29, 0.717) is 0 Å². The third-order valence-electron chi connectivity index (χ3n) is 3.13. The summed E-state index contributed by atoms with van der Waals surface area (Å²) < 4.78 is 0. The Bertz CT molecular complexity index is 437. The van der Waals surface area contributed by atoms with Gasteiger partial charge in [-0.05, 0) is 37.5 Å². The average Bonchev–Trinajstić information content (AvgIpc) is 2.74. The number of carbonyl (C=O) groups excluding carboxylic acids is 1. The van der Waals surface area contributed by atoms with Crippen LogP contribution < -0.4 is 16.0 Å². The number of nitrogen functional groups attached to an aromatic ring is 1. The van der Waals surface area contributed by atoms with Gasteiger partial charge >= 0.3 is 0 Å². The quantitative estimate of drug-likeness (QED) is 0.769. The summed E-state index contributed by atoms with van der Waals surface area (Å²) in [5.74, 6) is -0.0507. The van der Waals surface area contributed by atoms with Crippen LogP contribution in [0.5, 0.6) is 0 Å². The van der Waals surface area contributed by atoms with Gasteiger partial charge < -0.3 is 16.0 Å². The number of aryl methyl sites for hydroxylation is 1. The Morgan fingerprint density at radius 3 is 2.59 bits per heavy atom. The van der Waals surface area contributed by atoms with E-state index in [9.17, 15) is 4.79 Å². The third-order valence-corrected chi connectivity index (χ3v) is 3.13. The minimum atomic E-state index is -0.0507. The molecule has 17 heavy (non-hydrogen) atoms. The van der Waals surface area contributed by atoms with Crippen LogP contribution in [0.4, 0.5) is 17.1 Å². The van der Waals surface area contributed by atoms with Gasteiger partial charge in [0.2, 0.25) is 5.91 Å². The van der Waals surface area contributed by atoms with Gasteiger partial charge in [-0.3, -0.25) is 4.79 Å². The molecule has 0 saturated carbocycles. The molecule has 4 heteroatoms. The molecule has 0 atom stereocenters. The molecule has 92 valence electrons. The molecule has 0 aliphatic carbocycles. The second kappa shape index (κ2) is 4.65. The van der Waals surface area contributed by atoms with E-state index >= 15 is 0 Å². The lowest BCUT2D eigenvalue weighted by Crippen LogP contribution is -2.19. The molecular weight excluding hydrogens is 214 g/mol. The maximum absolute atomic E-state index is 11.1. The van der Waals surface area contributed by atoms with E-state index in [4.69, 9.17) is 5.73 Å². The Hall–Kier alpha value is -1.71. The number of nitrogens with one attached hydrogen (secondary N) is 1. The fourth-order valence-electron chi connectivity index (χ4n) is 2.28. The first kappa shape index (κ1) is 11.8. The zero-order valence-corrected chi connectivity index (χ0v) is 10.4. The van der Waals surface area contributed by atoms with Crippen molar-refractivity contribution in [2.45, 2.75) is 26.7 Å². The molecule has 0 radical (unpaired) electrons. The van der Waals surface area contributed by atoms with Crippen molar-refractivity contribution in [2.24, 2.45) is 0 Å². The standard InChI is InChI=1S/C13H19N3O/c1-9-7-11(14)13(16-5-3-4-6-16)8-12(9)15-10(2)17/h7-8H,3-6,14H2,1-2H3,(H,15,17). The summed E-state index contributed by atoms with van der Waals surface area (Å²) in [7, 11) is 0. The molecule has 4 nitrogen and oxygen atoms in total. The Kier molecular flexibility index (Phi) is 3.22. The van der Waals surface area contributed by atoms with Crippen LogP contribution in [0.1, 0.15) is 25.3 Å². The zero-order chi connectivity index (χ0) is 12.4. The summed E-state index contributed by atoms with van der Waals surface area (Å²) >= 11 is 0. The number of benzene rings is 1. The molecule has 1 amide bonds. The minimum Gasteiger partial charge on any atom is -0.397 e. The SMILES string of the molecule is CC(=O)Nc1cc(N2CCCC2)c(N)cc1C. The second-order valence-electron chi connectivity index (χ2n) is 4.60. The van der Waals surface area contributed by atoms with E-state index < -0.39 is 0 Å². The van der Waals surface area contributed by atoms with E-state index in [1.807, 2.05) is 19.1 Å². The van der Waals surface area contributed by atoms with Crippen molar-refractivity contribution in [1.29, 1.82) is 0 Å². The van der Waals surface area contributed by atoms with Gasteiger partial charge in [-0.1, -0.05) is 0 Å². The monoisotopic (exact) mass is 233 g/mol. The van der Waals surface area contributed by atoms with Crippen LogP contribution in [-0.2, 0) is 4.79 Å². The van der Waals surface area contributed by atoms with Crippen LogP contribution in [0.3, 0.4) is 0 Å². The van der Waals surface area contributed by atoms with E-state index in [-0.39, 0.29) is 5.91 Å². The van der Waals surface area contributed by atoms with Crippen LogP contribution >= 0.6 is 0 Å². The normalized spacial score (nSPS) is 15.1. The van der Waals surface area contributed by atoms with Gasteiger partial charge in [-0.2, -0.15) is 0 Å². The summed E-state index contributed by atoms with van der Waals surface area (Å²) in [5.41, 5.74) is 9.73. The molecule has 1 aromatic rings. The molecule has 0 bridgehead atoms. The lowest BCUT2D eigenvalue weighted by molar-refractivity contribution is -0.114. The van der Waals surface area contributed by atoms with Crippen LogP contribution in [0.2, 0.25) is 0 Å². The molecule has 1 heterocycles. The van der Waals surface area contributed by atoms with E-state index in [2.05, 4.69) is 10.2 Å². The summed E-state index contributed by atoms with van der Waals surface area (Å²) in [6.45, 7) is 5.57. The molecule has 2 rings (SSSR count). The Morgan fingerprint density at radius 1 is 1.35 bits per heavy atom. The average molecular weight is 233 g/mol. The lowest BCUT2D eigenvalue weighted by atomic mass is 10.1. The number of amides is 1. The third kappa shape index (κ3) is 2.52. The smallest absolute Gasteiger partial charge is 0.221 e. The highest BCUT2D eigenvalue weighted by atomic mass is 16.1. The summed E-state index contributed by atoms with van der Waals surface area (Å²) in [5, 5.41) is 2.84. The molecule has 1 fully saturated rings. The van der Waals surface area contributed by atoms with Crippen molar-refractivity contribution in [3.63, 3.8) is 0 Å². The number of hydrogen-bond acceptors (Lipinski definition) is 3. The highest BCUT2D eigenvalue weighted by molar-refractivity contribution is 5.91. The van der Waals surface area contributed by atoms with E-state index in [0.717, 1.165) is 35.7 Å². The Balaban J connectivity index is 2.34. The van der Waals surface area contributed by atoms with Gasteiger partial charge in [0.05, 0.1) is 11.4 Å². The fraction of sp³-hybridized carbons (Fsp3) is 0.462. The molecule has 3 N–H and O–H groups in total. The van der Waals surface area contributed by atoms with Gasteiger partial charge in [-0.15, -0.1) is 0 Å². The molecule has 1 aliphatic rings. The summed E-state index contributed by atoms with van der Waals surface area (Å²) in [6, 6.07) is 3.91. The first-order valence-corrected chi connectivity index (χ1v) is 6.00. The highest BCUT2D eigenvalue weighted by Crippen LogP contribution is 2.32. The minimum absolute atomic E-state index is 0.0507. The topological polar surface area (TPSA) is 58.4 Å². The Morgan fingerprint density at radius 2 is 2.00 bits per heavy atom. The van der Waals surface area contributed by atoms with Crippen LogP contribution in [-0.4, -0.2) is 19.0 Å². The van der Waals surface area contributed by atoms with Crippen LogP contribution in [0, 0.1) is 6.92 Å². The first-order chi connectivity index (χ1) is 8.08. The highest BCUT2D eigenvalue weighted by Gasteiger charge is 2.16. The summed E-state index contributed by atoms with van der Waals surface area (Å²) in [4.78, 5) is 13.4. The van der Waals surface area contributed by atoms with Gasteiger partial charge in [-0.25, -0.2) is 0 Å². The number of rotatable bonds is 2. The van der Waals surface area contributed by atoms with Crippen molar-refractivity contribution in [2.75, 3.05) is 29.0 Å². The van der Waals surface area contributed by atoms with Crippen molar-refractivity contribution in [3.05, 3.63) is 17.7 Å². The largest absolute Gasteiger partial charge is 0.397 e. The maximum atomic E-state index is 11.1. The predicted octanol–water partition coefficient (Wildman–Crippen LogP) is 2.14. The van der Waals surface area contributed by atoms with Crippen molar-refractivity contribution in [1.82, 2.24) is 0 Å². The van der Waals surface area contributed by atoms with Gasteiger partial charge in [0.15, 0.2) is 0 Å². The second-order valence-corrected chi connectivity index (χ2v) is 4.60. The lowest BCUT2D eigenvalue weighted by Gasteiger charge is -2.21.